The highest BCUT2D eigenvalue weighted by Gasteiger charge is 2.25. The molecule has 96 valence electrons. The van der Waals surface area contributed by atoms with Crippen LogP contribution in [-0.2, 0) is 15.9 Å². The van der Waals surface area contributed by atoms with Crippen LogP contribution in [0.25, 0.3) is 0 Å². The third-order valence-corrected chi connectivity index (χ3v) is 3.67. The molecule has 0 amide bonds. The molecule has 1 saturated heterocycles. The van der Waals surface area contributed by atoms with E-state index in [1.54, 1.807) is 11.3 Å². The summed E-state index contributed by atoms with van der Waals surface area (Å²) in [7, 11) is 0. The van der Waals surface area contributed by atoms with Crippen LogP contribution in [0.15, 0.2) is 5.38 Å². The van der Waals surface area contributed by atoms with Crippen molar-refractivity contribution in [3.05, 3.63) is 16.1 Å². The maximum Gasteiger partial charge on any atom is 0.0965 e. The molecule has 0 spiro atoms. The number of likely N-dealkylation sites (N-methyl/N-ethyl adjacent to an activating group) is 1. The molecule has 1 aliphatic rings. The molecular weight excluding hydrogens is 236 g/mol. The van der Waals surface area contributed by atoms with Crippen LogP contribution >= 0.6 is 11.3 Å². The van der Waals surface area contributed by atoms with Crippen molar-refractivity contribution in [3.63, 3.8) is 0 Å². The number of aryl methyl sites for hydroxylation is 1. The van der Waals surface area contributed by atoms with Gasteiger partial charge in [0, 0.05) is 17.8 Å². The highest BCUT2D eigenvalue weighted by molar-refractivity contribution is 7.09. The second kappa shape index (κ2) is 6.44. The van der Waals surface area contributed by atoms with Crippen LogP contribution in [0.2, 0.25) is 0 Å². The Labute approximate surface area is 106 Å². The van der Waals surface area contributed by atoms with Gasteiger partial charge in [0.1, 0.15) is 0 Å². The maximum absolute atomic E-state index is 5.76. The molecular formula is C12H20N2O2S. The number of hydrogen-bond donors (Lipinski definition) is 1. The fourth-order valence-electron chi connectivity index (χ4n) is 2.06. The number of thiazole rings is 1. The third-order valence-electron chi connectivity index (χ3n) is 2.85. The standard InChI is InChI=1S/C12H20N2O2S/c1-3-13-11(12-7-15-4-5-16-12)6-10-8-17-9(2)14-10/h8,11-13H,3-7H2,1-2H3. The van der Waals surface area contributed by atoms with E-state index in [0.717, 1.165) is 23.7 Å². The van der Waals surface area contributed by atoms with Crippen molar-refractivity contribution < 1.29 is 9.47 Å². The molecule has 0 aromatic carbocycles. The first-order valence-corrected chi connectivity index (χ1v) is 7.01. The van der Waals surface area contributed by atoms with Crippen LogP contribution in [0.3, 0.4) is 0 Å². The Morgan fingerprint density at radius 1 is 1.59 bits per heavy atom. The van der Waals surface area contributed by atoms with E-state index in [0.29, 0.717) is 25.9 Å². The summed E-state index contributed by atoms with van der Waals surface area (Å²) in [5, 5.41) is 6.72. The van der Waals surface area contributed by atoms with Crippen molar-refractivity contribution in [2.75, 3.05) is 26.4 Å². The smallest absolute Gasteiger partial charge is 0.0965 e. The highest BCUT2D eigenvalue weighted by Crippen LogP contribution is 2.14. The van der Waals surface area contributed by atoms with E-state index in [9.17, 15) is 0 Å². The summed E-state index contributed by atoms with van der Waals surface area (Å²) < 4.78 is 11.2. The van der Waals surface area contributed by atoms with Gasteiger partial charge in [-0.3, -0.25) is 0 Å². The molecule has 2 heterocycles. The fourth-order valence-corrected chi connectivity index (χ4v) is 2.69. The molecule has 0 bridgehead atoms. The minimum absolute atomic E-state index is 0.144. The minimum Gasteiger partial charge on any atom is -0.376 e. The van der Waals surface area contributed by atoms with E-state index in [-0.39, 0.29) is 6.10 Å². The zero-order valence-corrected chi connectivity index (χ0v) is 11.3. The van der Waals surface area contributed by atoms with E-state index in [1.807, 2.05) is 6.92 Å². The summed E-state index contributed by atoms with van der Waals surface area (Å²) in [6.07, 6.45) is 1.05. The van der Waals surface area contributed by atoms with Gasteiger partial charge in [0.25, 0.3) is 0 Å². The summed E-state index contributed by atoms with van der Waals surface area (Å²) in [4.78, 5) is 4.51. The van der Waals surface area contributed by atoms with Crippen molar-refractivity contribution in [2.45, 2.75) is 32.4 Å². The first-order valence-electron chi connectivity index (χ1n) is 6.13. The number of rotatable bonds is 5. The third kappa shape index (κ3) is 3.74. The molecule has 4 nitrogen and oxygen atoms in total. The van der Waals surface area contributed by atoms with Gasteiger partial charge in [-0.15, -0.1) is 11.3 Å². The number of nitrogens with one attached hydrogen (secondary N) is 1. The lowest BCUT2D eigenvalue weighted by atomic mass is 10.1. The van der Waals surface area contributed by atoms with Crippen molar-refractivity contribution in [3.8, 4) is 0 Å². The predicted molar refractivity (Wildman–Crippen MR) is 68.6 cm³/mol. The molecule has 0 radical (unpaired) electrons. The lowest BCUT2D eigenvalue weighted by Gasteiger charge is -2.30. The van der Waals surface area contributed by atoms with E-state index in [2.05, 4.69) is 22.6 Å². The quantitative estimate of drug-likeness (QED) is 0.864. The van der Waals surface area contributed by atoms with E-state index < -0.39 is 0 Å². The Morgan fingerprint density at radius 3 is 3.06 bits per heavy atom. The molecule has 2 rings (SSSR count). The van der Waals surface area contributed by atoms with Crippen LogP contribution in [0, 0.1) is 6.92 Å². The molecule has 1 fully saturated rings. The Balaban J connectivity index is 1.95. The average Bonchev–Trinajstić information content (AvgIpc) is 2.75. The van der Waals surface area contributed by atoms with E-state index in [4.69, 9.17) is 9.47 Å². The zero-order chi connectivity index (χ0) is 12.1. The normalized spacial score (nSPS) is 22.6. The molecule has 1 N–H and O–H groups in total. The Morgan fingerprint density at radius 2 is 2.47 bits per heavy atom. The summed E-state index contributed by atoms with van der Waals surface area (Å²) in [6, 6.07) is 0.293. The van der Waals surface area contributed by atoms with Crippen LogP contribution in [-0.4, -0.2) is 43.5 Å². The fraction of sp³-hybridized carbons (Fsp3) is 0.750. The van der Waals surface area contributed by atoms with Gasteiger partial charge >= 0.3 is 0 Å². The molecule has 1 aliphatic heterocycles. The van der Waals surface area contributed by atoms with Crippen molar-refractivity contribution in [2.24, 2.45) is 0 Å². The maximum atomic E-state index is 5.76. The molecule has 1 aromatic heterocycles. The van der Waals surface area contributed by atoms with Gasteiger partial charge in [-0.2, -0.15) is 0 Å². The molecule has 0 aliphatic carbocycles. The van der Waals surface area contributed by atoms with Crippen LogP contribution in [0.5, 0.6) is 0 Å². The average molecular weight is 256 g/mol. The molecule has 1 aromatic rings. The van der Waals surface area contributed by atoms with Gasteiger partial charge in [-0.1, -0.05) is 6.92 Å². The van der Waals surface area contributed by atoms with E-state index in [1.165, 1.54) is 0 Å². The summed E-state index contributed by atoms with van der Waals surface area (Å²) >= 11 is 1.70. The molecule has 2 unspecified atom stereocenters. The molecule has 2 atom stereocenters. The second-order valence-electron chi connectivity index (χ2n) is 4.21. The lowest BCUT2D eigenvalue weighted by molar-refractivity contribution is -0.101. The van der Waals surface area contributed by atoms with Crippen LogP contribution in [0.1, 0.15) is 17.6 Å². The number of ether oxygens (including phenoxy) is 2. The van der Waals surface area contributed by atoms with Crippen LogP contribution in [0.4, 0.5) is 0 Å². The van der Waals surface area contributed by atoms with Gasteiger partial charge in [0.05, 0.1) is 36.6 Å². The van der Waals surface area contributed by atoms with Crippen molar-refractivity contribution >= 4 is 11.3 Å². The van der Waals surface area contributed by atoms with Gasteiger partial charge in [-0.25, -0.2) is 4.98 Å². The zero-order valence-electron chi connectivity index (χ0n) is 10.4. The van der Waals surface area contributed by atoms with Crippen LogP contribution < -0.4 is 5.32 Å². The van der Waals surface area contributed by atoms with Crippen molar-refractivity contribution in [1.82, 2.24) is 10.3 Å². The SMILES string of the molecule is CCNC(Cc1csc(C)n1)C1COCCO1. The van der Waals surface area contributed by atoms with E-state index >= 15 is 0 Å². The van der Waals surface area contributed by atoms with Gasteiger partial charge in [0.2, 0.25) is 0 Å². The summed E-state index contributed by atoms with van der Waals surface area (Å²) in [5.74, 6) is 0. The highest BCUT2D eigenvalue weighted by atomic mass is 32.1. The first-order chi connectivity index (χ1) is 8.29. The predicted octanol–water partition coefficient (Wildman–Crippen LogP) is 1.39. The lowest BCUT2D eigenvalue weighted by Crippen LogP contribution is -2.47. The Bertz CT molecular complexity index is 337. The molecule has 5 heteroatoms. The number of nitrogens with zero attached hydrogens (tertiary/aromatic N) is 1. The largest absolute Gasteiger partial charge is 0.376 e. The van der Waals surface area contributed by atoms with Gasteiger partial charge < -0.3 is 14.8 Å². The van der Waals surface area contributed by atoms with Gasteiger partial charge in [-0.05, 0) is 13.5 Å². The van der Waals surface area contributed by atoms with Gasteiger partial charge in [0.15, 0.2) is 0 Å². The summed E-state index contributed by atoms with van der Waals surface area (Å²) in [5.41, 5.74) is 1.15. The summed E-state index contributed by atoms with van der Waals surface area (Å²) in [6.45, 7) is 7.18. The van der Waals surface area contributed by atoms with Crippen molar-refractivity contribution in [1.29, 1.82) is 0 Å². The topological polar surface area (TPSA) is 43.4 Å². The molecule has 0 saturated carbocycles. The molecule has 17 heavy (non-hydrogen) atoms. The Kier molecular flexibility index (Phi) is 4.91. The Hall–Kier alpha value is -0.490. The number of hydrogen-bond acceptors (Lipinski definition) is 5. The minimum atomic E-state index is 0.144. The first kappa shape index (κ1) is 13.0. The monoisotopic (exact) mass is 256 g/mol. The number of aromatic nitrogens is 1. The second-order valence-corrected chi connectivity index (χ2v) is 5.27.